The van der Waals surface area contributed by atoms with E-state index in [4.69, 9.17) is 0 Å². The summed E-state index contributed by atoms with van der Waals surface area (Å²) in [4.78, 5) is 2.62. The Bertz CT molecular complexity index is 181. The average Bonchev–Trinajstić information content (AvgIpc) is 1.91. The molecule has 0 bridgehead atoms. The lowest BCUT2D eigenvalue weighted by Crippen LogP contribution is -2.55. The first kappa shape index (κ1) is 10.4. The molecule has 2 fully saturated rings. The minimum atomic E-state index is 0.813. The van der Waals surface area contributed by atoms with Crippen molar-refractivity contribution in [1.82, 2.24) is 10.2 Å². The maximum absolute atomic E-state index is 3.51. The molecule has 2 heteroatoms. The van der Waals surface area contributed by atoms with Gasteiger partial charge in [0.25, 0.3) is 0 Å². The van der Waals surface area contributed by atoms with E-state index in [2.05, 4.69) is 31.0 Å². The topological polar surface area (TPSA) is 15.3 Å². The molecular weight excluding hydrogens is 172 g/mol. The molecule has 14 heavy (non-hydrogen) atoms. The average molecular weight is 196 g/mol. The van der Waals surface area contributed by atoms with E-state index in [1.807, 2.05) is 0 Å². The van der Waals surface area contributed by atoms with Crippen LogP contribution in [0.15, 0.2) is 0 Å². The van der Waals surface area contributed by atoms with Crippen molar-refractivity contribution in [1.29, 1.82) is 0 Å². The highest BCUT2D eigenvalue weighted by atomic mass is 15.2. The number of rotatable bonds is 4. The molecular formula is C12H24N2. The van der Waals surface area contributed by atoms with Gasteiger partial charge in [0.05, 0.1) is 0 Å². The molecule has 0 aliphatic carbocycles. The monoisotopic (exact) mass is 196 g/mol. The lowest BCUT2D eigenvalue weighted by atomic mass is 9.86. The minimum absolute atomic E-state index is 0.813. The van der Waals surface area contributed by atoms with E-state index >= 15 is 0 Å². The van der Waals surface area contributed by atoms with Crippen molar-refractivity contribution >= 4 is 0 Å². The Morgan fingerprint density at radius 1 is 1.29 bits per heavy atom. The smallest absolute Gasteiger partial charge is 0.0117 e. The maximum atomic E-state index is 3.51. The van der Waals surface area contributed by atoms with Gasteiger partial charge in [-0.05, 0) is 30.7 Å². The molecule has 0 aromatic heterocycles. The summed E-state index contributed by atoms with van der Waals surface area (Å²) in [5.74, 6) is 2.69. The second-order valence-electron chi connectivity index (χ2n) is 5.55. The van der Waals surface area contributed by atoms with Crippen LogP contribution in [-0.2, 0) is 0 Å². The van der Waals surface area contributed by atoms with Gasteiger partial charge in [-0.3, -0.25) is 0 Å². The molecule has 2 nitrogen and oxygen atoms in total. The van der Waals surface area contributed by atoms with E-state index in [9.17, 15) is 0 Å². The van der Waals surface area contributed by atoms with Gasteiger partial charge in [-0.15, -0.1) is 0 Å². The predicted octanol–water partition coefficient (Wildman–Crippen LogP) is 1.57. The van der Waals surface area contributed by atoms with Crippen LogP contribution in [0.25, 0.3) is 0 Å². The van der Waals surface area contributed by atoms with Gasteiger partial charge in [-0.2, -0.15) is 0 Å². The van der Waals surface area contributed by atoms with Crippen LogP contribution in [0.5, 0.6) is 0 Å². The van der Waals surface area contributed by atoms with Gasteiger partial charge < -0.3 is 10.2 Å². The van der Waals surface area contributed by atoms with Crippen molar-refractivity contribution in [3.05, 3.63) is 0 Å². The normalized spacial score (nSPS) is 31.3. The molecule has 0 radical (unpaired) electrons. The standard InChI is InChI=1S/C12H24N2/c1-9(2)11-7-14(8-11)6-10(3)12-4-5-13-12/h9-13H,4-8H2,1-3H3. The van der Waals surface area contributed by atoms with E-state index in [1.54, 1.807) is 0 Å². The van der Waals surface area contributed by atoms with Crippen molar-refractivity contribution in [2.24, 2.45) is 17.8 Å². The largest absolute Gasteiger partial charge is 0.314 e. The molecule has 82 valence electrons. The van der Waals surface area contributed by atoms with Crippen LogP contribution < -0.4 is 5.32 Å². The molecule has 0 aromatic rings. The molecule has 2 unspecified atom stereocenters. The van der Waals surface area contributed by atoms with Gasteiger partial charge in [0.2, 0.25) is 0 Å². The van der Waals surface area contributed by atoms with Crippen LogP contribution in [0, 0.1) is 17.8 Å². The first-order chi connectivity index (χ1) is 6.66. The van der Waals surface area contributed by atoms with E-state index in [0.29, 0.717) is 0 Å². The predicted molar refractivity (Wildman–Crippen MR) is 60.3 cm³/mol. The van der Waals surface area contributed by atoms with Crippen molar-refractivity contribution in [3.63, 3.8) is 0 Å². The fourth-order valence-electron chi connectivity index (χ4n) is 2.51. The van der Waals surface area contributed by atoms with Crippen LogP contribution in [-0.4, -0.2) is 37.1 Å². The third-order valence-corrected chi connectivity index (χ3v) is 4.02. The number of hydrogen-bond donors (Lipinski definition) is 1. The third-order valence-electron chi connectivity index (χ3n) is 4.02. The highest BCUT2D eigenvalue weighted by Gasteiger charge is 2.32. The summed E-state index contributed by atoms with van der Waals surface area (Å²) in [6, 6.07) is 0.813. The second-order valence-corrected chi connectivity index (χ2v) is 5.55. The summed E-state index contributed by atoms with van der Waals surface area (Å²) in [6.45, 7) is 12.3. The first-order valence-electron chi connectivity index (χ1n) is 6.12. The molecule has 2 rings (SSSR count). The molecule has 2 saturated heterocycles. The Hall–Kier alpha value is -0.0800. The molecule has 0 saturated carbocycles. The van der Waals surface area contributed by atoms with Crippen molar-refractivity contribution < 1.29 is 0 Å². The fraction of sp³-hybridized carbons (Fsp3) is 1.00. The highest BCUT2D eigenvalue weighted by Crippen LogP contribution is 2.25. The molecule has 1 N–H and O–H groups in total. The molecule has 0 spiro atoms. The SMILES string of the molecule is CC(C)C1CN(CC(C)C2CCN2)C1. The lowest BCUT2D eigenvalue weighted by Gasteiger charge is -2.45. The Morgan fingerprint density at radius 3 is 2.36 bits per heavy atom. The summed E-state index contributed by atoms with van der Waals surface area (Å²) in [6.07, 6.45) is 1.39. The summed E-state index contributed by atoms with van der Waals surface area (Å²) in [5, 5.41) is 3.51. The van der Waals surface area contributed by atoms with Crippen LogP contribution in [0.3, 0.4) is 0 Å². The summed E-state index contributed by atoms with van der Waals surface area (Å²) in [5.41, 5.74) is 0. The third kappa shape index (κ3) is 2.12. The van der Waals surface area contributed by atoms with Crippen LogP contribution in [0.1, 0.15) is 27.2 Å². The number of nitrogens with one attached hydrogen (secondary N) is 1. The van der Waals surface area contributed by atoms with Gasteiger partial charge in [0.15, 0.2) is 0 Å². The highest BCUT2D eigenvalue weighted by molar-refractivity contribution is 4.88. The zero-order valence-corrected chi connectivity index (χ0v) is 9.79. The Morgan fingerprint density at radius 2 is 1.93 bits per heavy atom. The summed E-state index contributed by atoms with van der Waals surface area (Å²) >= 11 is 0. The van der Waals surface area contributed by atoms with Crippen molar-refractivity contribution in [2.45, 2.75) is 33.2 Å². The summed E-state index contributed by atoms with van der Waals surface area (Å²) in [7, 11) is 0. The van der Waals surface area contributed by atoms with Crippen LogP contribution >= 0.6 is 0 Å². The van der Waals surface area contributed by atoms with Crippen molar-refractivity contribution in [3.8, 4) is 0 Å². The van der Waals surface area contributed by atoms with Gasteiger partial charge in [-0.1, -0.05) is 20.8 Å². The Balaban J connectivity index is 1.63. The quantitative estimate of drug-likeness (QED) is 0.734. The summed E-state index contributed by atoms with van der Waals surface area (Å²) < 4.78 is 0. The van der Waals surface area contributed by atoms with Gasteiger partial charge in [0, 0.05) is 25.7 Å². The van der Waals surface area contributed by atoms with Gasteiger partial charge >= 0.3 is 0 Å². The van der Waals surface area contributed by atoms with E-state index in [0.717, 1.165) is 23.8 Å². The molecule has 0 aromatic carbocycles. The second kappa shape index (κ2) is 4.19. The minimum Gasteiger partial charge on any atom is -0.314 e. The lowest BCUT2D eigenvalue weighted by molar-refractivity contribution is 0.0450. The molecule has 2 atom stereocenters. The fourth-order valence-corrected chi connectivity index (χ4v) is 2.51. The van der Waals surface area contributed by atoms with E-state index in [-0.39, 0.29) is 0 Å². The number of nitrogens with zero attached hydrogens (tertiary/aromatic N) is 1. The van der Waals surface area contributed by atoms with Crippen molar-refractivity contribution in [2.75, 3.05) is 26.2 Å². The maximum Gasteiger partial charge on any atom is 0.0117 e. The first-order valence-corrected chi connectivity index (χ1v) is 6.12. The van der Waals surface area contributed by atoms with E-state index < -0.39 is 0 Å². The number of hydrogen-bond acceptors (Lipinski definition) is 2. The zero-order chi connectivity index (χ0) is 10.1. The molecule has 0 amide bonds. The molecule has 2 aliphatic heterocycles. The van der Waals surface area contributed by atoms with Gasteiger partial charge in [-0.25, -0.2) is 0 Å². The zero-order valence-electron chi connectivity index (χ0n) is 9.79. The van der Waals surface area contributed by atoms with E-state index in [1.165, 1.54) is 32.6 Å². The Labute approximate surface area is 88.1 Å². The number of likely N-dealkylation sites (tertiary alicyclic amines) is 1. The van der Waals surface area contributed by atoms with Crippen LogP contribution in [0.4, 0.5) is 0 Å². The molecule has 2 aliphatic rings. The van der Waals surface area contributed by atoms with Gasteiger partial charge in [0.1, 0.15) is 0 Å². The molecule has 2 heterocycles. The van der Waals surface area contributed by atoms with Crippen LogP contribution in [0.2, 0.25) is 0 Å². The Kier molecular flexibility index (Phi) is 3.13.